The number of alkyl halides is 3. The first-order chi connectivity index (χ1) is 7.80. The standard InChI is InChI=1S/C9H8ClF3N2O2/c10-5-1-2-6(14-3-5)8(17)15-4-7(16)9(11,12)13/h1-3,7,16H,4H2,(H,15,17)/t7-/m1/s1. The van der Waals surface area contributed by atoms with Crippen molar-refractivity contribution < 1.29 is 23.1 Å². The van der Waals surface area contributed by atoms with E-state index in [-0.39, 0.29) is 5.69 Å². The molecule has 0 radical (unpaired) electrons. The molecule has 94 valence electrons. The average Bonchev–Trinajstić information content (AvgIpc) is 2.25. The molecule has 1 heterocycles. The highest BCUT2D eigenvalue weighted by Crippen LogP contribution is 2.19. The van der Waals surface area contributed by atoms with Crippen LogP contribution in [0.4, 0.5) is 13.2 Å². The molecule has 0 unspecified atom stereocenters. The minimum absolute atomic E-state index is 0.0798. The van der Waals surface area contributed by atoms with Crippen molar-refractivity contribution in [2.24, 2.45) is 0 Å². The smallest absolute Gasteiger partial charge is 0.382 e. The van der Waals surface area contributed by atoms with Crippen molar-refractivity contribution in [3.05, 3.63) is 29.0 Å². The topological polar surface area (TPSA) is 62.2 Å². The molecule has 0 aromatic carbocycles. The Balaban J connectivity index is 2.53. The van der Waals surface area contributed by atoms with E-state index in [1.807, 2.05) is 5.32 Å². The molecule has 0 fully saturated rings. The summed E-state index contributed by atoms with van der Waals surface area (Å²) < 4.78 is 35.8. The zero-order chi connectivity index (χ0) is 13.1. The monoisotopic (exact) mass is 268 g/mol. The van der Waals surface area contributed by atoms with Gasteiger partial charge in [-0.05, 0) is 12.1 Å². The number of aliphatic hydroxyl groups is 1. The van der Waals surface area contributed by atoms with Gasteiger partial charge in [0, 0.05) is 6.20 Å². The molecule has 0 aliphatic rings. The fraction of sp³-hybridized carbons (Fsp3) is 0.333. The Kier molecular flexibility index (Phi) is 4.30. The summed E-state index contributed by atoms with van der Waals surface area (Å²) in [7, 11) is 0. The highest BCUT2D eigenvalue weighted by Gasteiger charge is 2.38. The molecule has 1 atom stereocenters. The van der Waals surface area contributed by atoms with Gasteiger partial charge in [-0.25, -0.2) is 4.98 Å². The van der Waals surface area contributed by atoms with Crippen LogP contribution in [0, 0.1) is 0 Å². The molecule has 0 saturated carbocycles. The molecule has 0 bridgehead atoms. The van der Waals surface area contributed by atoms with Gasteiger partial charge in [0.2, 0.25) is 0 Å². The van der Waals surface area contributed by atoms with Crippen molar-refractivity contribution in [3.63, 3.8) is 0 Å². The molecule has 0 saturated heterocycles. The van der Waals surface area contributed by atoms with Crippen LogP contribution in [0.2, 0.25) is 5.02 Å². The second-order valence-electron chi connectivity index (χ2n) is 3.13. The lowest BCUT2D eigenvalue weighted by molar-refractivity contribution is -0.201. The molecule has 1 aromatic rings. The van der Waals surface area contributed by atoms with E-state index in [1.54, 1.807) is 0 Å². The molecule has 17 heavy (non-hydrogen) atoms. The number of hydrogen-bond acceptors (Lipinski definition) is 3. The van der Waals surface area contributed by atoms with Gasteiger partial charge >= 0.3 is 6.18 Å². The van der Waals surface area contributed by atoms with Gasteiger partial charge in [-0.15, -0.1) is 0 Å². The predicted octanol–water partition coefficient (Wildman–Crippen LogP) is 1.39. The summed E-state index contributed by atoms with van der Waals surface area (Å²) in [6.07, 6.45) is -6.17. The fourth-order valence-electron chi connectivity index (χ4n) is 0.906. The van der Waals surface area contributed by atoms with Gasteiger partial charge in [0.05, 0.1) is 11.6 Å². The first-order valence-electron chi connectivity index (χ1n) is 4.45. The summed E-state index contributed by atoms with van der Waals surface area (Å²) in [5.41, 5.74) is -0.0798. The Hall–Kier alpha value is -1.34. The van der Waals surface area contributed by atoms with Gasteiger partial charge in [0.1, 0.15) is 5.69 Å². The molecule has 2 N–H and O–H groups in total. The molecular formula is C9H8ClF3N2O2. The number of rotatable bonds is 3. The Morgan fingerprint density at radius 2 is 2.18 bits per heavy atom. The molecule has 4 nitrogen and oxygen atoms in total. The number of amides is 1. The van der Waals surface area contributed by atoms with Gasteiger partial charge in [0.15, 0.2) is 6.10 Å². The lowest BCUT2D eigenvalue weighted by atomic mass is 10.3. The third kappa shape index (κ3) is 4.20. The number of carbonyl (C=O) groups is 1. The van der Waals surface area contributed by atoms with E-state index in [1.165, 1.54) is 18.3 Å². The maximum Gasteiger partial charge on any atom is 0.416 e. The number of nitrogens with one attached hydrogen (secondary N) is 1. The molecule has 0 aliphatic heterocycles. The summed E-state index contributed by atoms with van der Waals surface area (Å²) in [4.78, 5) is 14.9. The number of nitrogens with zero attached hydrogens (tertiary/aromatic N) is 1. The van der Waals surface area contributed by atoms with E-state index in [4.69, 9.17) is 16.7 Å². The van der Waals surface area contributed by atoms with Crippen LogP contribution in [0.25, 0.3) is 0 Å². The maximum absolute atomic E-state index is 11.9. The number of aliphatic hydroxyl groups excluding tert-OH is 1. The van der Waals surface area contributed by atoms with Crippen LogP contribution < -0.4 is 5.32 Å². The third-order valence-corrected chi connectivity index (χ3v) is 2.02. The lowest BCUT2D eigenvalue weighted by Gasteiger charge is -2.14. The molecule has 0 spiro atoms. The SMILES string of the molecule is O=C(NC[C@@H](O)C(F)(F)F)c1ccc(Cl)cn1. The fourth-order valence-corrected chi connectivity index (χ4v) is 1.02. The van der Waals surface area contributed by atoms with Crippen LogP contribution in [0.1, 0.15) is 10.5 Å². The quantitative estimate of drug-likeness (QED) is 0.871. The van der Waals surface area contributed by atoms with Crippen LogP contribution in [-0.2, 0) is 0 Å². The summed E-state index contributed by atoms with van der Waals surface area (Å²) >= 11 is 5.52. The maximum atomic E-state index is 11.9. The summed E-state index contributed by atoms with van der Waals surface area (Å²) in [6, 6.07) is 2.64. The van der Waals surface area contributed by atoms with Crippen LogP contribution >= 0.6 is 11.6 Å². The molecule has 1 aromatic heterocycles. The largest absolute Gasteiger partial charge is 0.416 e. The number of aromatic nitrogens is 1. The molecule has 1 rings (SSSR count). The van der Waals surface area contributed by atoms with E-state index >= 15 is 0 Å². The van der Waals surface area contributed by atoms with Crippen molar-refractivity contribution in [2.75, 3.05) is 6.54 Å². The summed E-state index contributed by atoms with van der Waals surface area (Å²) in [6.45, 7) is -0.924. The number of hydrogen-bond donors (Lipinski definition) is 2. The first-order valence-corrected chi connectivity index (χ1v) is 4.83. The van der Waals surface area contributed by atoms with Crippen molar-refractivity contribution in [1.29, 1.82) is 0 Å². The van der Waals surface area contributed by atoms with Gasteiger partial charge in [-0.1, -0.05) is 11.6 Å². The Morgan fingerprint density at radius 1 is 1.53 bits per heavy atom. The molecule has 0 aliphatic carbocycles. The van der Waals surface area contributed by atoms with E-state index in [2.05, 4.69) is 4.98 Å². The van der Waals surface area contributed by atoms with Crippen molar-refractivity contribution in [3.8, 4) is 0 Å². The molecule has 1 amide bonds. The first kappa shape index (κ1) is 13.7. The number of pyridine rings is 1. The van der Waals surface area contributed by atoms with Gasteiger partial charge in [-0.2, -0.15) is 13.2 Å². The Labute approximate surface area is 99.4 Å². The van der Waals surface area contributed by atoms with Crippen LogP contribution in [-0.4, -0.2) is 34.8 Å². The highest BCUT2D eigenvalue weighted by molar-refractivity contribution is 6.30. The third-order valence-electron chi connectivity index (χ3n) is 1.79. The highest BCUT2D eigenvalue weighted by atomic mass is 35.5. The lowest BCUT2D eigenvalue weighted by Crippen LogP contribution is -2.40. The van der Waals surface area contributed by atoms with Crippen molar-refractivity contribution >= 4 is 17.5 Å². The van der Waals surface area contributed by atoms with E-state index in [0.717, 1.165) is 0 Å². The number of halogens is 4. The predicted molar refractivity (Wildman–Crippen MR) is 53.6 cm³/mol. The Bertz CT molecular complexity index is 394. The Morgan fingerprint density at radius 3 is 2.65 bits per heavy atom. The molecular weight excluding hydrogens is 261 g/mol. The summed E-state index contributed by atoms with van der Waals surface area (Å²) in [5.74, 6) is -0.815. The van der Waals surface area contributed by atoms with Gasteiger partial charge in [0.25, 0.3) is 5.91 Å². The van der Waals surface area contributed by atoms with Gasteiger partial charge in [-0.3, -0.25) is 4.79 Å². The minimum Gasteiger partial charge on any atom is -0.382 e. The van der Waals surface area contributed by atoms with E-state index in [9.17, 15) is 18.0 Å². The molecule has 8 heteroatoms. The van der Waals surface area contributed by atoms with Crippen LogP contribution in [0.5, 0.6) is 0 Å². The normalized spacial score (nSPS) is 13.2. The van der Waals surface area contributed by atoms with Gasteiger partial charge < -0.3 is 10.4 Å². The number of carbonyl (C=O) groups excluding carboxylic acids is 1. The zero-order valence-electron chi connectivity index (χ0n) is 8.33. The zero-order valence-corrected chi connectivity index (χ0v) is 9.09. The van der Waals surface area contributed by atoms with Crippen molar-refractivity contribution in [2.45, 2.75) is 12.3 Å². The van der Waals surface area contributed by atoms with E-state index < -0.39 is 24.7 Å². The minimum atomic E-state index is -4.76. The van der Waals surface area contributed by atoms with Crippen molar-refractivity contribution in [1.82, 2.24) is 10.3 Å². The average molecular weight is 269 g/mol. The second kappa shape index (κ2) is 5.33. The van der Waals surface area contributed by atoms with Crippen LogP contribution in [0.3, 0.4) is 0 Å². The van der Waals surface area contributed by atoms with E-state index in [0.29, 0.717) is 5.02 Å². The van der Waals surface area contributed by atoms with Crippen LogP contribution in [0.15, 0.2) is 18.3 Å². The second-order valence-corrected chi connectivity index (χ2v) is 3.57. The summed E-state index contributed by atoms with van der Waals surface area (Å²) in [5, 5.41) is 10.9.